The minimum atomic E-state index is -0.979. The van der Waals surface area contributed by atoms with E-state index in [2.05, 4.69) is 10.3 Å². The topological polar surface area (TPSA) is 96.0 Å². The van der Waals surface area contributed by atoms with E-state index in [0.717, 1.165) is 6.07 Å². The van der Waals surface area contributed by atoms with Crippen molar-refractivity contribution in [3.05, 3.63) is 82.9 Å². The Morgan fingerprint density at radius 3 is 2.47 bits per heavy atom. The molecule has 0 saturated carbocycles. The van der Waals surface area contributed by atoms with Crippen molar-refractivity contribution >= 4 is 23.5 Å². The maximum Gasteiger partial charge on any atom is 0.329 e. The Morgan fingerprint density at radius 2 is 1.84 bits per heavy atom. The molecule has 3 rings (SSSR count). The fraction of sp³-hybridized carbons (Fsp3) is 0.321. The highest BCUT2D eigenvalue weighted by molar-refractivity contribution is 6.30. The normalized spacial score (nSPS) is 13.1. The van der Waals surface area contributed by atoms with E-state index in [0.29, 0.717) is 11.3 Å². The minimum Gasteiger partial charge on any atom is -0.493 e. The van der Waals surface area contributed by atoms with Gasteiger partial charge in [-0.2, -0.15) is 0 Å². The fourth-order valence-electron chi connectivity index (χ4n) is 3.74. The third-order valence-corrected chi connectivity index (χ3v) is 5.76. The van der Waals surface area contributed by atoms with E-state index in [-0.39, 0.29) is 35.2 Å². The molecule has 0 unspecified atom stereocenters. The molecule has 1 aromatic heterocycles. The van der Waals surface area contributed by atoms with Gasteiger partial charge in [0.15, 0.2) is 23.3 Å². The van der Waals surface area contributed by atoms with Crippen molar-refractivity contribution in [2.24, 2.45) is 0 Å². The third kappa shape index (κ3) is 7.35. The molecule has 10 heteroatoms. The molecule has 0 aliphatic rings. The van der Waals surface area contributed by atoms with Gasteiger partial charge in [0.1, 0.15) is 23.7 Å². The number of nitrogens with zero attached hydrogens (tertiary/aromatic N) is 1. The van der Waals surface area contributed by atoms with Crippen LogP contribution in [-0.2, 0) is 9.53 Å². The largest absolute Gasteiger partial charge is 0.493 e. The Labute approximate surface area is 226 Å². The summed E-state index contributed by atoms with van der Waals surface area (Å²) in [6.45, 7) is 5.45. The van der Waals surface area contributed by atoms with Gasteiger partial charge in [-0.1, -0.05) is 48.9 Å². The van der Waals surface area contributed by atoms with Crippen LogP contribution in [0, 0.1) is 5.82 Å². The number of nitrogens with one attached hydrogen (secondary N) is 1. The van der Waals surface area contributed by atoms with E-state index in [1.54, 1.807) is 39.0 Å². The third-order valence-electron chi connectivity index (χ3n) is 5.55. The summed E-state index contributed by atoms with van der Waals surface area (Å²) in [4.78, 5) is 30.3. The highest BCUT2D eigenvalue weighted by Gasteiger charge is 2.30. The van der Waals surface area contributed by atoms with E-state index in [9.17, 15) is 14.0 Å². The molecule has 1 amide bonds. The number of hydrogen-bond acceptors (Lipinski definition) is 7. The number of carbonyl (C=O) groups is 2. The van der Waals surface area contributed by atoms with Gasteiger partial charge in [-0.05, 0) is 38.0 Å². The smallest absolute Gasteiger partial charge is 0.329 e. The summed E-state index contributed by atoms with van der Waals surface area (Å²) in [7, 11) is 1.45. The predicted molar refractivity (Wildman–Crippen MR) is 140 cm³/mol. The Kier molecular flexibility index (Phi) is 10.3. The van der Waals surface area contributed by atoms with Crippen LogP contribution in [0.1, 0.15) is 49.3 Å². The average Bonchev–Trinajstić information content (AvgIpc) is 2.90. The van der Waals surface area contributed by atoms with Gasteiger partial charge in [0, 0.05) is 23.4 Å². The van der Waals surface area contributed by atoms with Crippen molar-refractivity contribution in [2.45, 2.75) is 45.4 Å². The molecule has 0 aliphatic heterocycles. The lowest BCUT2D eigenvalue weighted by atomic mass is 10.0. The van der Waals surface area contributed by atoms with Gasteiger partial charge in [0.25, 0.3) is 5.91 Å². The van der Waals surface area contributed by atoms with E-state index >= 15 is 0 Å². The van der Waals surface area contributed by atoms with Crippen molar-refractivity contribution < 1.29 is 32.9 Å². The molecule has 1 heterocycles. The standard InChI is InChI=1S/C28H30ClFN2O6/c1-5-22(32-27(33)24-26(36-6-2)23(35-4)12-13-31-24)28(34)37-17(3)25(18-10-8-7-9-11-18)38-21-15-19(29)14-20(30)16-21/h7-17,22,25H,5-6H2,1-4H3,(H,32,33)/t17-,22-,25-/m0/s1. The van der Waals surface area contributed by atoms with Crippen molar-refractivity contribution in [3.8, 4) is 17.2 Å². The van der Waals surface area contributed by atoms with Crippen LogP contribution in [0.4, 0.5) is 4.39 Å². The summed E-state index contributed by atoms with van der Waals surface area (Å²) >= 11 is 5.99. The summed E-state index contributed by atoms with van der Waals surface area (Å²) in [5.74, 6) is -1.14. The number of halogens is 2. The summed E-state index contributed by atoms with van der Waals surface area (Å²) in [5, 5.41) is 2.83. The van der Waals surface area contributed by atoms with Gasteiger partial charge in [0.05, 0.1) is 13.7 Å². The van der Waals surface area contributed by atoms with Crippen LogP contribution in [0.15, 0.2) is 60.8 Å². The molecule has 0 bridgehead atoms. The maximum absolute atomic E-state index is 13.9. The maximum atomic E-state index is 13.9. The van der Waals surface area contributed by atoms with Crippen LogP contribution in [0.25, 0.3) is 0 Å². The monoisotopic (exact) mass is 544 g/mol. The number of methoxy groups -OCH3 is 1. The number of pyridine rings is 1. The van der Waals surface area contributed by atoms with E-state index in [1.165, 1.54) is 25.4 Å². The summed E-state index contributed by atoms with van der Waals surface area (Å²) < 4.78 is 36.5. The number of amides is 1. The number of benzene rings is 2. The van der Waals surface area contributed by atoms with Gasteiger partial charge in [0.2, 0.25) is 0 Å². The lowest BCUT2D eigenvalue weighted by Gasteiger charge is -2.27. The fourth-order valence-corrected chi connectivity index (χ4v) is 3.95. The quantitative estimate of drug-likeness (QED) is 0.299. The Balaban J connectivity index is 1.78. The molecular formula is C28H30ClFN2O6. The second-order valence-electron chi connectivity index (χ2n) is 8.25. The lowest BCUT2D eigenvalue weighted by Crippen LogP contribution is -2.43. The Hall–Kier alpha value is -3.85. The number of rotatable bonds is 12. The molecule has 3 atom stereocenters. The highest BCUT2D eigenvalue weighted by atomic mass is 35.5. The minimum absolute atomic E-state index is 0.0148. The molecule has 3 aromatic rings. The van der Waals surface area contributed by atoms with Crippen LogP contribution >= 0.6 is 11.6 Å². The van der Waals surface area contributed by atoms with Crippen molar-refractivity contribution in [1.82, 2.24) is 10.3 Å². The summed E-state index contributed by atoms with van der Waals surface area (Å²) in [5.41, 5.74) is 0.686. The zero-order valence-corrected chi connectivity index (χ0v) is 22.3. The molecular weight excluding hydrogens is 515 g/mol. The van der Waals surface area contributed by atoms with Crippen LogP contribution in [-0.4, -0.2) is 42.7 Å². The van der Waals surface area contributed by atoms with Gasteiger partial charge in [-0.15, -0.1) is 0 Å². The molecule has 1 N–H and O–H groups in total. The van der Waals surface area contributed by atoms with Crippen LogP contribution in [0.5, 0.6) is 17.2 Å². The second-order valence-corrected chi connectivity index (χ2v) is 8.69. The van der Waals surface area contributed by atoms with Gasteiger partial charge in [-0.25, -0.2) is 14.2 Å². The molecule has 202 valence electrons. The van der Waals surface area contributed by atoms with Crippen LogP contribution in [0.3, 0.4) is 0 Å². The molecule has 38 heavy (non-hydrogen) atoms. The predicted octanol–water partition coefficient (Wildman–Crippen LogP) is 5.54. The first-order chi connectivity index (χ1) is 18.3. The second kappa shape index (κ2) is 13.6. The molecule has 8 nitrogen and oxygen atoms in total. The highest BCUT2D eigenvalue weighted by Crippen LogP contribution is 2.31. The average molecular weight is 545 g/mol. The molecule has 0 spiro atoms. The zero-order chi connectivity index (χ0) is 27.7. The summed E-state index contributed by atoms with van der Waals surface area (Å²) in [6, 6.07) is 13.5. The van der Waals surface area contributed by atoms with E-state index in [1.807, 2.05) is 18.2 Å². The van der Waals surface area contributed by atoms with Crippen molar-refractivity contribution in [3.63, 3.8) is 0 Å². The number of carbonyl (C=O) groups excluding carboxylic acids is 2. The first-order valence-corrected chi connectivity index (χ1v) is 12.5. The molecule has 2 aromatic carbocycles. The number of esters is 1. The van der Waals surface area contributed by atoms with E-state index in [4.69, 9.17) is 30.5 Å². The van der Waals surface area contributed by atoms with Crippen molar-refractivity contribution in [2.75, 3.05) is 13.7 Å². The Bertz CT molecular complexity index is 1220. The lowest BCUT2D eigenvalue weighted by molar-refractivity contribution is -0.155. The molecule has 0 aliphatic carbocycles. The zero-order valence-electron chi connectivity index (χ0n) is 21.6. The van der Waals surface area contributed by atoms with Crippen LogP contribution in [0.2, 0.25) is 5.02 Å². The van der Waals surface area contributed by atoms with Gasteiger partial charge in [-0.3, -0.25) is 4.79 Å². The number of ether oxygens (including phenoxy) is 4. The first kappa shape index (κ1) is 28.7. The molecule has 0 radical (unpaired) electrons. The SMILES string of the molecule is CCOc1c(OC)ccnc1C(=O)N[C@@H](CC)C(=O)O[C@@H](C)[C@H](Oc1cc(F)cc(Cl)c1)c1ccccc1. The van der Waals surface area contributed by atoms with Gasteiger partial charge >= 0.3 is 5.97 Å². The van der Waals surface area contributed by atoms with Crippen molar-refractivity contribution in [1.29, 1.82) is 0 Å². The molecule has 0 fully saturated rings. The number of hydrogen-bond donors (Lipinski definition) is 1. The Morgan fingerprint density at radius 1 is 1.11 bits per heavy atom. The van der Waals surface area contributed by atoms with E-state index < -0.39 is 35.9 Å². The number of aromatic nitrogens is 1. The van der Waals surface area contributed by atoms with Gasteiger partial charge < -0.3 is 24.3 Å². The summed E-state index contributed by atoms with van der Waals surface area (Å²) in [6.07, 6.45) is 0.0716. The molecule has 0 saturated heterocycles. The van der Waals surface area contributed by atoms with Crippen LogP contribution < -0.4 is 19.5 Å². The first-order valence-electron chi connectivity index (χ1n) is 12.1.